The Labute approximate surface area is 159 Å². The lowest BCUT2D eigenvalue weighted by molar-refractivity contribution is -0.120. The molecule has 7 nitrogen and oxygen atoms in total. The molecule has 2 aromatic rings. The van der Waals surface area contributed by atoms with E-state index in [0.29, 0.717) is 23.6 Å². The molecule has 27 heavy (non-hydrogen) atoms. The quantitative estimate of drug-likeness (QED) is 0.677. The van der Waals surface area contributed by atoms with Crippen LogP contribution in [0.4, 0.5) is 5.69 Å². The van der Waals surface area contributed by atoms with E-state index in [-0.39, 0.29) is 13.1 Å². The summed E-state index contributed by atoms with van der Waals surface area (Å²) in [5.74, 6) is 0.106. The topological polar surface area (TPSA) is 95.9 Å². The minimum absolute atomic E-state index is 0.0102. The first kappa shape index (κ1) is 20.7. The zero-order valence-electron chi connectivity index (χ0n) is 15.3. The number of anilines is 1. The molecular formula is C19H24N2O5S. The van der Waals surface area contributed by atoms with Gasteiger partial charge in [0.1, 0.15) is 12.3 Å². The molecule has 1 amide bonds. The smallest absolute Gasteiger partial charge is 0.240 e. The molecule has 146 valence electrons. The number of hydrogen-bond acceptors (Lipinski definition) is 5. The third-order valence-corrected chi connectivity index (χ3v) is 4.94. The maximum atomic E-state index is 12.2. The number of carbonyl (C=O) groups excluding carboxylic acids is 1. The fourth-order valence-corrected chi connectivity index (χ4v) is 3.32. The van der Waals surface area contributed by atoms with Crippen molar-refractivity contribution in [1.29, 1.82) is 0 Å². The van der Waals surface area contributed by atoms with Gasteiger partial charge in [0, 0.05) is 6.54 Å². The molecule has 0 aliphatic carbocycles. The van der Waals surface area contributed by atoms with Gasteiger partial charge in [-0.2, -0.15) is 0 Å². The predicted octanol–water partition coefficient (Wildman–Crippen LogP) is 1.70. The second-order valence-corrected chi connectivity index (χ2v) is 7.83. The van der Waals surface area contributed by atoms with Crippen molar-refractivity contribution in [3.05, 3.63) is 60.2 Å². The van der Waals surface area contributed by atoms with Crippen LogP contribution >= 0.6 is 0 Å². The number of aliphatic hydroxyl groups excluding tert-OH is 1. The molecule has 0 aliphatic rings. The highest BCUT2D eigenvalue weighted by Gasteiger charge is 2.21. The first-order valence-corrected chi connectivity index (χ1v) is 10.4. The van der Waals surface area contributed by atoms with E-state index in [9.17, 15) is 18.3 Å². The van der Waals surface area contributed by atoms with E-state index in [1.807, 2.05) is 13.0 Å². The fourth-order valence-electron chi connectivity index (χ4n) is 2.47. The van der Waals surface area contributed by atoms with Crippen molar-refractivity contribution in [2.24, 2.45) is 0 Å². The van der Waals surface area contributed by atoms with E-state index < -0.39 is 22.0 Å². The van der Waals surface area contributed by atoms with Crippen molar-refractivity contribution in [3.8, 4) is 5.75 Å². The van der Waals surface area contributed by atoms with Gasteiger partial charge in [0.25, 0.3) is 0 Å². The standard InChI is InChI=1S/C19H24N2O5S/c1-3-26-17-11-9-16(10-12-17)21(27(2,24)25)14-19(23)20-13-18(22)15-7-5-4-6-8-15/h4-12,18,22H,3,13-14H2,1-2H3,(H,20,23)/t18-/m0/s1. The summed E-state index contributed by atoms with van der Waals surface area (Å²) in [6.45, 7) is 1.96. The first-order valence-electron chi connectivity index (χ1n) is 8.51. The van der Waals surface area contributed by atoms with Crippen LogP contribution < -0.4 is 14.4 Å². The molecule has 1 atom stereocenters. The zero-order valence-corrected chi connectivity index (χ0v) is 16.1. The van der Waals surface area contributed by atoms with Crippen LogP contribution in [0.25, 0.3) is 0 Å². The van der Waals surface area contributed by atoms with Gasteiger partial charge < -0.3 is 15.2 Å². The zero-order chi connectivity index (χ0) is 19.9. The van der Waals surface area contributed by atoms with Crippen molar-refractivity contribution in [2.75, 3.05) is 30.3 Å². The Morgan fingerprint density at radius 2 is 1.78 bits per heavy atom. The average molecular weight is 392 g/mol. The van der Waals surface area contributed by atoms with Crippen LogP contribution in [0.3, 0.4) is 0 Å². The van der Waals surface area contributed by atoms with Crippen LogP contribution in [-0.2, 0) is 14.8 Å². The summed E-state index contributed by atoms with van der Waals surface area (Å²) < 4.78 is 30.6. The predicted molar refractivity (Wildman–Crippen MR) is 104 cm³/mol. The molecule has 0 heterocycles. The summed E-state index contributed by atoms with van der Waals surface area (Å²) >= 11 is 0. The Hall–Kier alpha value is -2.58. The third kappa shape index (κ3) is 6.26. The van der Waals surface area contributed by atoms with Crippen LogP contribution in [0.2, 0.25) is 0 Å². The molecular weight excluding hydrogens is 368 g/mol. The van der Waals surface area contributed by atoms with Gasteiger partial charge in [0.05, 0.1) is 24.7 Å². The largest absolute Gasteiger partial charge is 0.494 e. The highest BCUT2D eigenvalue weighted by molar-refractivity contribution is 7.92. The van der Waals surface area contributed by atoms with Crippen LogP contribution in [0, 0.1) is 0 Å². The third-order valence-electron chi connectivity index (χ3n) is 3.80. The number of aliphatic hydroxyl groups is 1. The number of sulfonamides is 1. The van der Waals surface area contributed by atoms with Gasteiger partial charge in [-0.25, -0.2) is 8.42 Å². The summed E-state index contributed by atoms with van der Waals surface area (Å²) in [6.07, 6.45) is 0.169. The summed E-state index contributed by atoms with van der Waals surface area (Å²) in [5.41, 5.74) is 1.03. The van der Waals surface area contributed by atoms with E-state index in [1.165, 1.54) is 0 Å². The number of benzene rings is 2. The molecule has 0 unspecified atom stereocenters. The Balaban J connectivity index is 2.02. The van der Waals surface area contributed by atoms with Crippen LogP contribution in [0.15, 0.2) is 54.6 Å². The highest BCUT2D eigenvalue weighted by Crippen LogP contribution is 2.21. The monoisotopic (exact) mass is 392 g/mol. The highest BCUT2D eigenvalue weighted by atomic mass is 32.2. The van der Waals surface area contributed by atoms with E-state index >= 15 is 0 Å². The SMILES string of the molecule is CCOc1ccc(N(CC(=O)NC[C@H](O)c2ccccc2)S(C)(=O)=O)cc1. The molecule has 0 radical (unpaired) electrons. The molecule has 0 aliphatic heterocycles. The van der Waals surface area contributed by atoms with Gasteiger partial charge in [0.15, 0.2) is 0 Å². The van der Waals surface area contributed by atoms with Crippen molar-refractivity contribution in [1.82, 2.24) is 5.32 Å². The maximum absolute atomic E-state index is 12.2. The number of nitrogens with zero attached hydrogens (tertiary/aromatic N) is 1. The maximum Gasteiger partial charge on any atom is 0.240 e. The van der Waals surface area contributed by atoms with Crippen molar-refractivity contribution < 1.29 is 23.1 Å². The lowest BCUT2D eigenvalue weighted by Gasteiger charge is -2.22. The molecule has 2 N–H and O–H groups in total. The molecule has 0 fully saturated rings. The Bertz CT molecular complexity index is 838. The number of amides is 1. The summed E-state index contributed by atoms with van der Waals surface area (Å²) in [5, 5.41) is 12.7. The molecule has 0 saturated heterocycles. The lowest BCUT2D eigenvalue weighted by Crippen LogP contribution is -2.41. The number of nitrogens with one attached hydrogen (secondary N) is 1. The van der Waals surface area contributed by atoms with Crippen LogP contribution in [0.5, 0.6) is 5.75 Å². The van der Waals surface area contributed by atoms with Gasteiger partial charge in [-0.15, -0.1) is 0 Å². The van der Waals surface area contributed by atoms with Crippen molar-refractivity contribution >= 4 is 21.6 Å². The van der Waals surface area contributed by atoms with Crippen LogP contribution in [0.1, 0.15) is 18.6 Å². The lowest BCUT2D eigenvalue weighted by atomic mass is 10.1. The van der Waals surface area contributed by atoms with Gasteiger partial charge >= 0.3 is 0 Å². The molecule has 0 saturated carbocycles. The molecule has 2 aromatic carbocycles. The van der Waals surface area contributed by atoms with E-state index in [1.54, 1.807) is 48.5 Å². The van der Waals surface area contributed by atoms with E-state index in [4.69, 9.17) is 4.74 Å². The fraction of sp³-hybridized carbons (Fsp3) is 0.316. The molecule has 2 rings (SSSR count). The van der Waals surface area contributed by atoms with E-state index in [2.05, 4.69) is 5.32 Å². The summed E-state index contributed by atoms with van der Waals surface area (Å²) in [6, 6.07) is 15.4. The van der Waals surface area contributed by atoms with Crippen molar-refractivity contribution in [3.63, 3.8) is 0 Å². The summed E-state index contributed by atoms with van der Waals surface area (Å²) in [7, 11) is -3.66. The summed E-state index contributed by atoms with van der Waals surface area (Å²) in [4.78, 5) is 12.2. The Morgan fingerprint density at radius 3 is 2.33 bits per heavy atom. The minimum Gasteiger partial charge on any atom is -0.494 e. The molecule has 0 spiro atoms. The Kier molecular flexibility index (Phi) is 7.20. The van der Waals surface area contributed by atoms with Gasteiger partial charge in [-0.1, -0.05) is 30.3 Å². The van der Waals surface area contributed by atoms with Crippen molar-refractivity contribution in [2.45, 2.75) is 13.0 Å². The number of rotatable bonds is 9. The first-order chi connectivity index (χ1) is 12.8. The van der Waals surface area contributed by atoms with E-state index in [0.717, 1.165) is 10.6 Å². The average Bonchev–Trinajstić information content (AvgIpc) is 2.65. The number of carbonyl (C=O) groups is 1. The van der Waals surface area contributed by atoms with Gasteiger partial charge in [-0.3, -0.25) is 9.10 Å². The molecule has 8 heteroatoms. The number of ether oxygens (including phenoxy) is 1. The second kappa shape index (κ2) is 9.38. The van der Waals surface area contributed by atoms with Crippen LogP contribution in [-0.4, -0.2) is 45.4 Å². The minimum atomic E-state index is -3.66. The number of hydrogen-bond donors (Lipinski definition) is 2. The van der Waals surface area contributed by atoms with Gasteiger partial charge in [0.2, 0.25) is 15.9 Å². The molecule has 0 bridgehead atoms. The Morgan fingerprint density at radius 1 is 1.15 bits per heavy atom. The molecule has 0 aromatic heterocycles. The second-order valence-electron chi connectivity index (χ2n) is 5.93. The van der Waals surface area contributed by atoms with Gasteiger partial charge in [-0.05, 0) is 36.8 Å². The normalized spacial score (nSPS) is 12.3.